The first-order valence-electron chi connectivity index (χ1n) is 12.2. The highest BCUT2D eigenvalue weighted by Gasteiger charge is 2.47. The van der Waals surface area contributed by atoms with Crippen molar-refractivity contribution in [1.29, 1.82) is 0 Å². The van der Waals surface area contributed by atoms with E-state index in [1.54, 1.807) is 19.1 Å². The van der Waals surface area contributed by atoms with E-state index >= 15 is 0 Å². The molecule has 7 heteroatoms. The van der Waals surface area contributed by atoms with Gasteiger partial charge in [-0.25, -0.2) is 0 Å². The summed E-state index contributed by atoms with van der Waals surface area (Å²) in [5, 5.41) is 3.01. The highest BCUT2D eigenvalue weighted by Crippen LogP contribution is 2.51. The molecule has 3 aromatic rings. The highest BCUT2D eigenvalue weighted by molar-refractivity contribution is 6.05. The third-order valence-corrected chi connectivity index (χ3v) is 7.13. The van der Waals surface area contributed by atoms with E-state index in [-0.39, 0.29) is 17.2 Å². The van der Waals surface area contributed by atoms with Crippen LogP contribution in [0.4, 0.5) is 11.4 Å². The van der Waals surface area contributed by atoms with Crippen molar-refractivity contribution < 1.29 is 23.8 Å². The molecule has 0 bridgehead atoms. The summed E-state index contributed by atoms with van der Waals surface area (Å²) in [4.78, 5) is 27.9. The molecule has 0 saturated carbocycles. The van der Waals surface area contributed by atoms with E-state index in [1.165, 1.54) is 21.3 Å². The molecule has 2 amide bonds. The van der Waals surface area contributed by atoms with Gasteiger partial charge in [0.05, 0.1) is 21.3 Å². The van der Waals surface area contributed by atoms with E-state index in [0.717, 1.165) is 23.2 Å². The van der Waals surface area contributed by atoms with Crippen molar-refractivity contribution in [2.24, 2.45) is 0 Å². The van der Waals surface area contributed by atoms with E-state index in [1.807, 2.05) is 41.3 Å². The normalized spacial score (nSPS) is 18.0. The molecule has 3 aromatic carbocycles. The molecule has 194 valence electrons. The van der Waals surface area contributed by atoms with Gasteiger partial charge in [-0.05, 0) is 61.7 Å². The van der Waals surface area contributed by atoms with Crippen LogP contribution >= 0.6 is 0 Å². The zero-order valence-corrected chi connectivity index (χ0v) is 22.5. The number of hydrogen-bond donors (Lipinski definition) is 1. The fraction of sp³-hybridized carbons (Fsp3) is 0.333. The molecule has 0 aliphatic carbocycles. The molecule has 1 aliphatic heterocycles. The van der Waals surface area contributed by atoms with Gasteiger partial charge in [-0.15, -0.1) is 0 Å². The molecule has 0 radical (unpaired) electrons. The van der Waals surface area contributed by atoms with E-state index in [2.05, 4.69) is 38.2 Å². The number of fused-ring (bicyclic) bond motifs is 1. The van der Waals surface area contributed by atoms with Gasteiger partial charge in [0.15, 0.2) is 11.5 Å². The van der Waals surface area contributed by atoms with Crippen molar-refractivity contribution in [1.82, 2.24) is 0 Å². The van der Waals surface area contributed by atoms with Crippen LogP contribution in [-0.4, -0.2) is 38.7 Å². The SMILES string of the molecule is COc1cc(C(=O)Nc2ccc3c(c2)C(C)(c2ccccc2)CC(C)(C)N3C(C)=O)cc(OC)c1OC. The van der Waals surface area contributed by atoms with Gasteiger partial charge in [0.25, 0.3) is 5.91 Å². The van der Waals surface area contributed by atoms with Crippen LogP contribution in [-0.2, 0) is 10.2 Å². The maximum atomic E-state index is 13.3. The summed E-state index contributed by atoms with van der Waals surface area (Å²) in [5.74, 6) is 0.874. The molecule has 0 aromatic heterocycles. The molecule has 4 rings (SSSR count). The van der Waals surface area contributed by atoms with Gasteiger partial charge < -0.3 is 24.4 Å². The van der Waals surface area contributed by atoms with Gasteiger partial charge >= 0.3 is 0 Å². The van der Waals surface area contributed by atoms with Crippen LogP contribution in [0.3, 0.4) is 0 Å². The summed E-state index contributed by atoms with van der Waals surface area (Å²) in [7, 11) is 4.53. The smallest absolute Gasteiger partial charge is 0.255 e. The molecule has 1 aliphatic rings. The van der Waals surface area contributed by atoms with Gasteiger partial charge in [-0.2, -0.15) is 0 Å². The van der Waals surface area contributed by atoms with Crippen LogP contribution in [0.15, 0.2) is 60.7 Å². The number of nitrogens with one attached hydrogen (secondary N) is 1. The molecule has 1 atom stereocenters. The predicted octanol–water partition coefficient (Wildman–Crippen LogP) is 5.81. The van der Waals surface area contributed by atoms with Gasteiger partial charge in [0.2, 0.25) is 11.7 Å². The molecule has 1 unspecified atom stereocenters. The third kappa shape index (κ3) is 4.61. The molecule has 37 heavy (non-hydrogen) atoms. The van der Waals surface area contributed by atoms with Crippen LogP contribution in [0.2, 0.25) is 0 Å². The average molecular weight is 503 g/mol. The standard InChI is InChI=1S/C30H34N2O5/c1-19(33)32-24-14-13-22(31-28(34)20-15-25(35-5)27(37-7)26(16-20)36-6)17-23(24)30(4,18-29(32,2)3)21-11-9-8-10-12-21/h8-17H,18H2,1-7H3,(H,31,34). The number of nitrogens with zero attached hydrogens (tertiary/aromatic N) is 1. The van der Waals surface area contributed by atoms with E-state index in [0.29, 0.717) is 28.5 Å². The lowest BCUT2D eigenvalue weighted by Crippen LogP contribution is -2.55. The maximum absolute atomic E-state index is 13.3. The Hall–Kier alpha value is -4.00. The van der Waals surface area contributed by atoms with E-state index in [4.69, 9.17) is 14.2 Å². The predicted molar refractivity (Wildman–Crippen MR) is 145 cm³/mol. The van der Waals surface area contributed by atoms with Crippen LogP contribution in [0.5, 0.6) is 17.2 Å². The molecule has 0 saturated heterocycles. The zero-order valence-electron chi connectivity index (χ0n) is 22.5. The molecule has 0 fully saturated rings. The lowest BCUT2D eigenvalue weighted by atomic mass is 9.65. The number of anilines is 2. The van der Waals surface area contributed by atoms with Gasteiger partial charge in [0.1, 0.15) is 0 Å². The molecule has 1 N–H and O–H groups in total. The van der Waals surface area contributed by atoms with Crippen molar-refractivity contribution in [2.45, 2.75) is 45.1 Å². The second kappa shape index (κ2) is 9.81. The van der Waals surface area contributed by atoms with Crippen molar-refractivity contribution in [3.8, 4) is 17.2 Å². The lowest BCUT2D eigenvalue weighted by molar-refractivity contribution is -0.117. The summed E-state index contributed by atoms with van der Waals surface area (Å²) < 4.78 is 16.2. The third-order valence-electron chi connectivity index (χ3n) is 7.13. The molecule has 1 heterocycles. The Kier molecular flexibility index (Phi) is 6.91. The van der Waals surface area contributed by atoms with Crippen LogP contribution in [0.25, 0.3) is 0 Å². The largest absolute Gasteiger partial charge is 0.493 e. The number of hydrogen-bond acceptors (Lipinski definition) is 5. The molecule has 7 nitrogen and oxygen atoms in total. The Morgan fingerprint density at radius 3 is 2.03 bits per heavy atom. The number of ether oxygens (including phenoxy) is 3. The number of methoxy groups -OCH3 is 3. The fourth-order valence-electron chi connectivity index (χ4n) is 5.69. The van der Waals surface area contributed by atoms with Crippen LogP contribution in [0, 0.1) is 0 Å². The number of carbonyl (C=O) groups excluding carboxylic acids is 2. The Labute approximate surface area is 218 Å². The van der Waals surface area contributed by atoms with Crippen LogP contribution < -0.4 is 24.4 Å². The van der Waals surface area contributed by atoms with Crippen molar-refractivity contribution in [3.63, 3.8) is 0 Å². The van der Waals surface area contributed by atoms with Crippen molar-refractivity contribution >= 4 is 23.2 Å². The number of amides is 2. The minimum atomic E-state index is -0.398. The molecular formula is C30H34N2O5. The first-order valence-corrected chi connectivity index (χ1v) is 12.2. The summed E-state index contributed by atoms with van der Waals surface area (Å²) in [6.45, 7) is 7.99. The van der Waals surface area contributed by atoms with Gasteiger partial charge in [-0.1, -0.05) is 37.3 Å². The first-order chi connectivity index (χ1) is 17.6. The second-order valence-electron chi connectivity index (χ2n) is 10.1. The van der Waals surface area contributed by atoms with Crippen molar-refractivity contribution in [3.05, 3.63) is 77.4 Å². The second-order valence-corrected chi connectivity index (χ2v) is 10.1. The van der Waals surface area contributed by atoms with Gasteiger partial charge in [0, 0.05) is 34.8 Å². The fourth-order valence-corrected chi connectivity index (χ4v) is 5.69. The monoisotopic (exact) mass is 502 g/mol. The number of rotatable bonds is 6. The van der Waals surface area contributed by atoms with Crippen LogP contribution in [0.1, 0.15) is 55.6 Å². The quantitative estimate of drug-likeness (QED) is 0.461. The topological polar surface area (TPSA) is 77.1 Å². The molecule has 0 spiro atoms. The summed E-state index contributed by atoms with van der Waals surface area (Å²) in [5.41, 5.74) is 3.20. The molecular weight excluding hydrogens is 468 g/mol. The van der Waals surface area contributed by atoms with Crippen molar-refractivity contribution in [2.75, 3.05) is 31.5 Å². The zero-order chi connectivity index (χ0) is 27.0. The number of benzene rings is 3. The summed E-state index contributed by atoms with van der Waals surface area (Å²) >= 11 is 0. The van der Waals surface area contributed by atoms with Gasteiger partial charge in [-0.3, -0.25) is 9.59 Å². The lowest BCUT2D eigenvalue weighted by Gasteiger charge is -2.51. The highest BCUT2D eigenvalue weighted by atomic mass is 16.5. The Bertz CT molecular complexity index is 1310. The maximum Gasteiger partial charge on any atom is 0.255 e. The Balaban J connectivity index is 1.79. The average Bonchev–Trinajstić information content (AvgIpc) is 2.87. The minimum absolute atomic E-state index is 0.0180. The van der Waals surface area contributed by atoms with E-state index < -0.39 is 5.54 Å². The van der Waals surface area contributed by atoms with E-state index in [9.17, 15) is 9.59 Å². The summed E-state index contributed by atoms with van der Waals surface area (Å²) in [6.07, 6.45) is 0.723. The minimum Gasteiger partial charge on any atom is -0.493 e. The first kappa shape index (κ1) is 26.1. The number of carbonyl (C=O) groups is 2. The Morgan fingerprint density at radius 1 is 0.865 bits per heavy atom. The summed E-state index contributed by atoms with van der Waals surface area (Å²) in [6, 6.07) is 19.2. The Morgan fingerprint density at radius 2 is 1.49 bits per heavy atom.